The van der Waals surface area contributed by atoms with Gasteiger partial charge in [0.1, 0.15) is 11.3 Å². The third-order valence-corrected chi connectivity index (χ3v) is 3.60. The molecule has 2 aromatic carbocycles. The van der Waals surface area contributed by atoms with Crippen LogP contribution in [-0.2, 0) is 6.42 Å². The van der Waals surface area contributed by atoms with E-state index in [1.165, 1.54) is 5.57 Å². The third-order valence-electron chi connectivity index (χ3n) is 3.60. The molecule has 110 valence electrons. The van der Waals surface area contributed by atoms with E-state index in [0.29, 0.717) is 16.7 Å². The molecule has 0 unspecified atom stereocenters. The lowest BCUT2D eigenvalue weighted by molar-refractivity contribution is 0.619. The minimum atomic E-state index is -0.000784. The van der Waals surface area contributed by atoms with Crippen molar-refractivity contribution in [1.29, 1.82) is 0 Å². The molecule has 0 radical (unpaired) electrons. The maximum Gasteiger partial charge on any atom is 0.193 e. The SMILES string of the molecule is CC(C)=CCc1ccc2oc(-c3ccccc3)cc(=O)c2c1. The molecule has 1 heterocycles. The molecular formula is C20H18O2. The maximum atomic E-state index is 12.4. The van der Waals surface area contributed by atoms with Crippen LogP contribution in [0.3, 0.4) is 0 Å². The second-order valence-electron chi connectivity index (χ2n) is 5.66. The Morgan fingerprint density at radius 3 is 2.55 bits per heavy atom. The Morgan fingerprint density at radius 1 is 1.05 bits per heavy atom. The van der Waals surface area contributed by atoms with Gasteiger partial charge < -0.3 is 4.42 Å². The van der Waals surface area contributed by atoms with Gasteiger partial charge in [-0.05, 0) is 38.0 Å². The van der Waals surface area contributed by atoms with Gasteiger partial charge in [-0.3, -0.25) is 4.79 Å². The van der Waals surface area contributed by atoms with Crippen LogP contribution in [-0.4, -0.2) is 0 Å². The van der Waals surface area contributed by atoms with Gasteiger partial charge in [0.05, 0.1) is 5.39 Å². The maximum absolute atomic E-state index is 12.4. The average molecular weight is 290 g/mol. The van der Waals surface area contributed by atoms with Gasteiger partial charge in [0.2, 0.25) is 0 Å². The van der Waals surface area contributed by atoms with Crippen molar-refractivity contribution in [3.05, 3.63) is 82.0 Å². The summed E-state index contributed by atoms with van der Waals surface area (Å²) >= 11 is 0. The Kier molecular flexibility index (Phi) is 3.92. The molecule has 22 heavy (non-hydrogen) atoms. The van der Waals surface area contributed by atoms with Crippen LogP contribution in [0.5, 0.6) is 0 Å². The van der Waals surface area contributed by atoms with Gasteiger partial charge >= 0.3 is 0 Å². The molecule has 0 aliphatic heterocycles. The fourth-order valence-corrected chi connectivity index (χ4v) is 2.40. The van der Waals surface area contributed by atoms with Crippen LogP contribution in [0.15, 0.2) is 75.5 Å². The Balaban J connectivity index is 2.07. The van der Waals surface area contributed by atoms with Crippen LogP contribution >= 0.6 is 0 Å². The number of rotatable bonds is 3. The van der Waals surface area contributed by atoms with E-state index in [1.807, 2.05) is 48.5 Å². The highest BCUT2D eigenvalue weighted by molar-refractivity contribution is 5.79. The zero-order valence-corrected chi connectivity index (χ0v) is 12.8. The molecule has 0 aliphatic carbocycles. The summed E-state index contributed by atoms with van der Waals surface area (Å²) in [5.41, 5.74) is 3.93. The summed E-state index contributed by atoms with van der Waals surface area (Å²) in [6, 6.07) is 17.1. The molecule has 2 nitrogen and oxygen atoms in total. The number of benzene rings is 2. The number of hydrogen-bond acceptors (Lipinski definition) is 2. The number of allylic oxidation sites excluding steroid dienone is 2. The van der Waals surface area contributed by atoms with Gasteiger partial charge in [0.15, 0.2) is 5.43 Å². The first-order chi connectivity index (χ1) is 10.6. The first kappa shape index (κ1) is 14.3. The number of fused-ring (bicyclic) bond motifs is 1. The molecule has 0 spiro atoms. The predicted molar refractivity (Wildman–Crippen MR) is 91.1 cm³/mol. The van der Waals surface area contributed by atoms with E-state index in [2.05, 4.69) is 19.9 Å². The molecule has 0 fully saturated rings. The Bertz CT molecular complexity index is 882. The van der Waals surface area contributed by atoms with Crippen LogP contribution in [0.25, 0.3) is 22.3 Å². The fourth-order valence-electron chi connectivity index (χ4n) is 2.40. The first-order valence-corrected chi connectivity index (χ1v) is 7.39. The van der Waals surface area contributed by atoms with Crippen LogP contribution < -0.4 is 5.43 Å². The summed E-state index contributed by atoms with van der Waals surface area (Å²) in [4.78, 5) is 12.4. The summed E-state index contributed by atoms with van der Waals surface area (Å²) < 4.78 is 5.89. The monoisotopic (exact) mass is 290 g/mol. The third kappa shape index (κ3) is 3.01. The molecular weight excluding hydrogens is 272 g/mol. The smallest absolute Gasteiger partial charge is 0.193 e. The van der Waals surface area contributed by atoms with E-state index >= 15 is 0 Å². The Labute approximate surface area is 129 Å². The number of hydrogen-bond donors (Lipinski definition) is 0. The van der Waals surface area contributed by atoms with E-state index < -0.39 is 0 Å². The normalized spacial score (nSPS) is 10.6. The van der Waals surface area contributed by atoms with Crippen molar-refractivity contribution >= 4 is 11.0 Å². The highest BCUT2D eigenvalue weighted by Crippen LogP contribution is 2.22. The Hall–Kier alpha value is -2.61. The minimum Gasteiger partial charge on any atom is -0.456 e. The van der Waals surface area contributed by atoms with Crippen molar-refractivity contribution in [1.82, 2.24) is 0 Å². The van der Waals surface area contributed by atoms with Crippen LogP contribution in [0.2, 0.25) is 0 Å². The van der Waals surface area contributed by atoms with Crippen LogP contribution in [0, 0.1) is 0 Å². The molecule has 3 rings (SSSR count). The summed E-state index contributed by atoms with van der Waals surface area (Å²) in [5, 5.41) is 0.638. The molecule has 2 heteroatoms. The van der Waals surface area contributed by atoms with E-state index in [4.69, 9.17) is 4.42 Å². The lowest BCUT2D eigenvalue weighted by atomic mass is 10.1. The second kappa shape index (κ2) is 6.02. The zero-order valence-electron chi connectivity index (χ0n) is 12.8. The molecule has 0 atom stereocenters. The highest BCUT2D eigenvalue weighted by atomic mass is 16.3. The van der Waals surface area contributed by atoms with E-state index in [1.54, 1.807) is 6.07 Å². The van der Waals surface area contributed by atoms with Gasteiger partial charge in [0, 0.05) is 11.6 Å². The quantitative estimate of drug-likeness (QED) is 0.638. The fraction of sp³-hybridized carbons (Fsp3) is 0.150. The van der Waals surface area contributed by atoms with Gasteiger partial charge in [-0.2, -0.15) is 0 Å². The van der Waals surface area contributed by atoms with Gasteiger partial charge in [-0.15, -0.1) is 0 Å². The molecule has 0 N–H and O–H groups in total. The molecule has 0 saturated heterocycles. The zero-order chi connectivity index (χ0) is 15.5. The first-order valence-electron chi connectivity index (χ1n) is 7.39. The van der Waals surface area contributed by atoms with Crippen molar-refractivity contribution in [3.8, 4) is 11.3 Å². The molecule has 1 aromatic heterocycles. The largest absolute Gasteiger partial charge is 0.456 e. The molecule has 0 saturated carbocycles. The van der Waals surface area contributed by atoms with Crippen molar-refractivity contribution in [2.45, 2.75) is 20.3 Å². The van der Waals surface area contributed by atoms with Crippen molar-refractivity contribution in [2.75, 3.05) is 0 Å². The standard InChI is InChI=1S/C20H18O2/c1-14(2)8-9-15-10-11-19-17(12-15)18(21)13-20(22-19)16-6-4-3-5-7-16/h3-8,10-13H,9H2,1-2H3. The van der Waals surface area contributed by atoms with Crippen LogP contribution in [0.1, 0.15) is 19.4 Å². The molecule has 3 aromatic rings. The molecule has 0 aliphatic rings. The minimum absolute atomic E-state index is 0.000784. The lowest BCUT2D eigenvalue weighted by Crippen LogP contribution is -2.01. The Morgan fingerprint density at radius 2 is 1.82 bits per heavy atom. The van der Waals surface area contributed by atoms with Crippen molar-refractivity contribution in [3.63, 3.8) is 0 Å². The second-order valence-corrected chi connectivity index (χ2v) is 5.66. The van der Waals surface area contributed by atoms with Crippen LogP contribution in [0.4, 0.5) is 0 Å². The van der Waals surface area contributed by atoms with Gasteiger partial charge in [0.25, 0.3) is 0 Å². The summed E-state index contributed by atoms with van der Waals surface area (Å²) in [6.07, 6.45) is 2.99. The van der Waals surface area contributed by atoms with Crippen molar-refractivity contribution < 1.29 is 4.42 Å². The topological polar surface area (TPSA) is 30.2 Å². The van der Waals surface area contributed by atoms with Gasteiger partial charge in [-0.1, -0.05) is 48.0 Å². The lowest BCUT2D eigenvalue weighted by Gasteiger charge is -2.04. The molecule has 0 bridgehead atoms. The van der Waals surface area contributed by atoms with E-state index in [-0.39, 0.29) is 5.43 Å². The van der Waals surface area contributed by atoms with Crippen molar-refractivity contribution in [2.24, 2.45) is 0 Å². The highest BCUT2D eigenvalue weighted by Gasteiger charge is 2.07. The summed E-state index contributed by atoms with van der Waals surface area (Å²) in [7, 11) is 0. The average Bonchev–Trinajstić information content (AvgIpc) is 2.54. The summed E-state index contributed by atoms with van der Waals surface area (Å²) in [6.45, 7) is 4.14. The summed E-state index contributed by atoms with van der Waals surface area (Å²) in [5.74, 6) is 0.607. The molecule has 0 amide bonds. The predicted octanol–water partition coefficient (Wildman–Crippen LogP) is 4.97. The van der Waals surface area contributed by atoms with E-state index in [0.717, 1.165) is 17.5 Å². The van der Waals surface area contributed by atoms with Gasteiger partial charge in [-0.25, -0.2) is 0 Å². The van der Waals surface area contributed by atoms with E-state index in [9.17, 15) is 4.79 Å².